The van der Waals surface area contributed by atoms with Crippen LogP contribution in [0, 0.1) is 0 Å². The maximum absolute atomic E-state index is 11.0. The van der Waals surface area contributed by atoms with Gasteiger partial charge in [0.25, 0.3) is 0 Å². The lowest BCUT2D eigenvalue weighted by molar-refractivity contribution is 0.0664. The molecule has 0 saturated carbocycles. The number of nitrogen functional groups attached to an aromatic ring is 1. The van der Waals surface area contributed by atoms with Crippen molar-refractivity contribution in [3.63, 3.8) is 0 Å². The Bertz CT molecular complexity index is 402. The van der Waals surface area contributed by atoms with E-state index in [0.29, 0.717) is 5.69 Å². The number of aromatic nitrogens is 1. The largest absolute Gasteiger partial charge is 0.477 e. The summed E-state index contributed by atoms with van der Waals surface area (Å²) in [6, 6.07) is 1.34. The van der Waals surface area contributed by atoms with Gasteiger partial charge in [0.15, 0.2) is 0 Å². The minimum absolute atomic E-state index is 0.0125. The number of aromatic carboxylic acids is 1. The zero-order valence-electron chi connectivity index (χ0n) is 9.65. The Morgan fingerprint density at radius 2 is 2.25 bits per heavy atom. The molecule has 0 amide bonds. The van der Waals surface area contributed by atoms with Gasteiger partial charge < -0.3 is 15.6 Å². The van der Waals surface area contributed by atoms with Gasteiger partial charge in [-0.25, -0.2) is 9.78 Å². The molecule has 0 aliphatic rings. The lowest BCUT2D eigenvalue weighted by Crippen LogP contribution is -2.28. The molecular weight excluding hydrogens is 208 g/mol. The van der Waals surface area contributed by atoms with Gasteiger partial charge in [0.1, 0.15) is 11.2 Å². The van der Waals surface area contributed by atoms with Gasteiger partial charge in [-0.1, -0.05) is 6.92 Å². The lowest BCUT2D eigenvalue weighted by Gasteiger charge is -2.24. The van der Waals surface area contributed by atoms with E-state index in [1.165, 1.54) is 12.3 Å². The maximum atomic E-state index is 11.0. The van der Waals surface area contributed by atoms with Gasteiger partial charge >= 0.3 is 5.97 Å². The van der Waals surface area contributed by atoms with Crippen molar-refractivity contribution in [3.05, 3.63) is 17.8 Å². The number of carboxylic acid groups (broad SMARTS) is 1. The van der Waals surface area contributed by atoms with Crippen LogP contribution >= 0.6 is 0 Å². The average molecular weight is 224 g/mol. The van der Waals surface area contributed by atoms with Gasteiger partial charge in [0.2, 0.25) is 5.88 Å². The molecule has 3 N–H and O–H groups in total. The summed E-state index contributed by atoms with van der Waals surface area (Å²) in [5.74, 6) is -0.991. The van der Waals surface area contributed by atoms with Crippen LogP contribution in [-0.2, 0) is 0 Å². The number of pyridine rings is 1. The normalized spacial score (nSPS) is 11.2. The fraction of sp³-hybridized carbons (Fsp3) is 0.455. The van der Waals surface area contributed by atoms with Gasteiger partial charge in [-0.15, -0.1) is 0 Å². The summed E-state index contributed by atoms with van der Waals surface area (Å²) in [6.45, 7) is 5.70. The van der Waals surface area contributed by atoms with E-state index in [2.05, 4.69) is 4.98 Å². The Kier molecular flexibility index (Phi) is 3.37. The summed E-state index contributed by atoms with van der Waals surface area (Å²) in [4.78, 5) is 14.9. The number of rotatable bonds is 4. The van der Waals surface area contributed by atoms with E-state index in [9.17, 15) is 4.79 Å². The van der Waals surface area contributed by atoms with E-state index in [1.54, 1.807) is 0 Å². The molecule has 1 aromatic rings. The fourth-order valence-electron chi connectivity index (χ4n) is 1.04. The van der Waals surface area contributed by atoms with Crippen LogP contribution in [0.4, 0.5) is 5.69 Å². The van der Waals surface area contributed by atoms with E-state index in [1.807, 2.05) is 20.8 Å². The predicted octanol–water partition coefficient (Wildman–Crippen LogP) is 1.93. The van der Waals surface area contributed by atoms with Crippen LogP contribution in [0.2, 0.25) is 0 Å². The molecule has 1 aromatic heterocycles. The third kappa shape index (κ3) is 2.85. The second-order valence-electron chi connectivity index (χ2n) is 4.14. The van der Waals surface area contributed by atoms with Crippen LogP contribution in [0.25, 0.3) is 0 Å². The maximum Gasteiger partial charge on any atom is 0.341 e. The molecule has 5 nitrogen and oxygen atoms in total. The van der Waals surface area contributed by atoms with Crippen molar-refractivity contribution < 1.29 is 14.6 Å². The Morgan fingerprint density at radius 1 is 1.62 bits per heavy atom. The first-order valence-electron chi connectivity index (χ1n) is 5.03. The predicted molar refractivity (Wildman–Crippen MR) is 60.6 cm³/mol. The highest BCUT2D eigenvalue weighted by Gasteiger charge is 2.22. The van der Waals surface area contributed by atoms with Gasteiger partial charge in [-0.2, -0.15) is 0 Å². The zero-order chi connectivity index (χ0) is 12.3. The Labute approximate surface area is 94.2 Å². The lowest BCUT2D eigenvalue weighted by atomic mass is 10.1. The van der Waals surface area contributed by atoms with Crippen LogP contribution in [-0.4, -0.2) is 21.7 Å². The topological polar surface area (TPSA) is 85.4 Å². The first-order valence-corrected chi connectivity index (χ1v) is 5.03. The van der Waals surface area contributed by atoms with Crippen molar-refractivity contribution in [1.82, 2.24) is 4.98 Å². The Balaban J connectivity index is 3.09. The summed E-state index contributed by atoms with van der Waals surface area (Å²) in [7, 11) is 0. The number of ether oxygens (including phenoxy) is 1. The van der Waals surface area contributed by atoms with Crippen molar-refractivity contribution in [1.29, 1.82) is 0 Å². The molecule has 0 aliphatic carbocycles. The van der Waals surface area contributed by atoms with E-state index in [-0.39, 0.29) is 11.4 Å². The quantitative estimate of drug-likeness (QED) is 0.816. The molecule has 0 spiro atoms. The number of anilines is 1. The molecule has 16 heavy (non-hydrogen) atoms. The Hall–Kier alpha value is -1.78. The molecule has 0 atom stereocenters. The van der Waals surface area contributed by atoms with Crippen LogP contribution in [0.3, 0.4) is 0 Å². The van der Waals surface area contributed by atoms with E-state index < -0.39 is 11.6 Å². The number of carboxylic acids is 1. The van der Waals surface area contributed by atoms with Crippen molar-refractivity contribution in [2.75, 3.05) is 5.73 Å². The van der Waals surface area contributed by atoms with Gasteiger partial charge in [0, 0.05) is 0 Å². The van der Waals surface area contributed by atoms with Gasteiger partial charge in [-0.3, -0.25) is 0 Å². The highest BCUT2D eigenvalue weighted by atomic mass is 16.5. The van der Waals surface area contributed by atoms with Crippen molar-refractivity contribution >= 4 is 11.7 Å². The minimum atomic E-state index is -1.10. The van der Waals surface area contributed by atoms with Crippen LogP contribution in [0.15, 0.2) is 12.3 Å². The zero-order valence-corrected chi connectivity index (χ0v) is 9.65. The summed E-state index contributed by atoms with van der Waals surface area (Å²) < 4.78 is 5.55. The fourth-order valence-corrected chi connectivity index (χ4v) is 1.04. The second-order valence-corrected chi connectivity index (χ2v) is 4.14. The third-order valence-electron chi connectivity index (χ3n) is 2.33. The summed E-state index contributed by atoms with van der Waals surface area (Å²) in [5.41, 5.74) is 5.32. The average Bonchev–Trinajstić information content (AvgIpc) is 2.20. The third-order valence-corrected chi connectivity index (χ3v) is 2.33. The molecule has 0 unspecified atom stereocenters. The molecule has 0 fully saturated rings. The molecule has 0 saturated heterocycles. The van der Waals surface area contributed by atoms with Crippen molar-refractivity contribution in [2.24, 2.45) is 0 Å². The number of hydrogen-bond donors (Lipinski definition) is 2. The molecule has 1 heterocycles. The van der Waals surface area contributed by atoms with E-state index in [4.69, 9.17) is 15.6 Å². The minimum Gasteiger partial charge on any atom is -0.477 e. The van der Waals surface area contributed by atoms with E-state index in [0.717, 1.165) is 6.42 Å². The standard InChI is InChI=1S/C11H16N2O3/c1-4-11(2,3)16-9-8(10(14)15)5-7(12)6-13-9/h5-6H,4,12H2,1-3H3,(H,14,15). The number of nitrogens with zero attached hydrogens (tertiary/aromatic N) is 1. The van der Waals surface area contributed by atoms with Crippen LogP contribution < -0.4 is 10.5 Å². The van der Waals surface area contributed by atoms with E-state index >= 15 is 0 Å². The number of nitrogens with two attached hydrogens (primary N) is 1. The van der Waals surface area contributed by atoms with Crippen LogP contribution in [0.1, 0.15) is 37.6 Å². The number of carbonyl (C=O) groups is 1. The smallest absolute Gasteiger partial charge is 0.341 e. The molecule has 0 aliphatic heterocycles. The Morgan fingerprint density at radius 3 is 2.75 bits per heavy atom. The molecular formula is C11H16N2O3. The summed E-state index contributed by atoms with van der Waals surface area (Å²) in [5, 5.41) is 8.98. The van der Waals surface area contributed by atoms with Crippen molar-refractivity contribution in [2.45, 2.75) is 32.8 Å². The molecule has 0 radical (unpaired) electrons. The molecule has 0 aromatic carbocycles. The van der Waals surface area contributed by atoms with Gasteiger partial charge in [-0.05, 0) is 26.3 Å². The molecule has 5 heteroatoms. The monoisotopic (exact) mass is 224 g/mol. The molecule has 0 bridgehead atoms. The summed E-state index contributed by atoms with van der Waals surface area (Å²) in [6.07, 6.45) is 2.13. The first-order chi connectivity index (χ1) is 7.35. The van der Waals surface area contributed by atoms with Gasteiger partial charge in [0.05, 0.1) is 11.9 Å². The highest BCUT2D eigenvalue weighted by molar-refractivity contribution is 5.91. The van der Waals surface area contributed by atoms with Crippen LogP contribution in [0.5, 0.6) is 5.88 Å². The highest BCUT2D eigenvalue weighted by Crippen LogP contribution is 2.24. The summed E-state index contributed by atoms with van der Waals surface area (Å²) >= 11 is 0. The number of hydrogen-bond acceptors (Lipinski definition) is 4. The molecule has 1 rings (SSSR count). The first kappa shape index (κ1) is 12.3. The second kappa shape index (κ2) is 4.38. The SMILES string of the molecule is CCC(C)(C)Oc1ncc(N)cc1C(=O)O. The van der Waals surface area contributed by atoms with Crippen molar-refractivity contribution in [3.8, 4) is 5.88 Å². The molecule has 88 valence electrons.